The maximum atomic E-state index is 6.12. The minimum absolute atomic E-state index is 0.234. The van der Waals surface area contributed by atoms with Gasteiger partial charge in [0.05, 0.1) is 5.60 Å². The SMILES string of the molecule is CCN(C1CNC1)C1CCOC2(CCSC2)C1. The van der Waals surface area contributed by atoms with E-state index in [1.165, 1.54) is 50.4 Å². The first-order valence-electron chi connectivity index (χ1n) is 7.01. The van der Waals surface area contributed by atoms with Crippen molar-refractivity contribution in [2.24, 2.45) is 0 Å². The molecule has 0 radical (unpaired) electrons. The van der Waals surface area contributed by atoms with Crippen molar-refractivity contribution in [2.75, 3.05) is 37.7 Å². The molecule has 1 spiro atoms. The average molecular weight is 256 g/mol. The molecule has 3 aliphatic heterocycles. The molecule has 3 nitrogen and oxygen atoms in total. The zero-order valence-corrected chi connectivity index (χ0v) is 11.6. The van der Waals surface area contributed by atoms with E-state index in [0.717, 1.165) is 18.7 Å². The van der Waals surface area contributed by atoms with Crippen LogP contribution in [-0.4, -0.2) is 60.3 Å². The molecule has 3 saturated heterocycles. The topological polar surface area (TPSA) is 24.5 Å². The minimum Gasteiger partial charge on any atom is -0.374 e. The van der Waals surface area contributed by atoms with Gasteiger partial charge in [-0.2, -0.15) is 11.8 Å². The van der Waals surface area contributed by atoms with Crippen molar-refractivity contribution in [3.05, 3.63) is 0 Å². The highest BCUT2D eigenvalue weighted by atomic mass is 32.2. The molecule has 0 aromatic heterocycles. The van der Waals surface area contributed by atoms with Gasteiger partial charge in [-0.05, 0) is 31.6 Å². The number of hydrogen-bond donors (Lipinski definition) is 1. The van der Waals surface area contributed by atoms with Crippen LogP contribution in [0.3, 0.4) is 0 Å². The maximum absolute atomic E-state index is 6.12. The lowest BCUT2D eigenvalue weighted by Gasteiger charge is -2.47. The van der Waals surface area contributed by atoms with Crippen molar-refractivity contribution in [1.29, 1.82) is 0 Å². The monoisotopic (exact) mass is 256 g/mol. The van der Waals surface area contributed by atoms with E-state index in [1.54, 1.807) is 0 Å². The summed E-state index contributed by atoms with van der Waals surface area (Å²) in [7, 11) is 0. The lowest BCUT2D eigenvalue weighted by molar-refractivity contribution is -0.0971. The van der Waals surface area contributed by atoms with Gasteiger partial charge in [-0.3, -0.25) is 4.90 Å². The van der Waals surface area contributed by atoms with E-state index >= 15 is 0 Å². The molecule has 1 N–H and O–H groups in total. The highest BCUT2D eigenvalue weighted by Crippen LogP contribution is 2.39. The fourth-order valence-corrected chi connectivity index (χ4v) is 4.85. The van der Waals surface area contributed by atoms with Crippen LogP contribution in [-0.2, 0) is 4.74 Å². The van der Waals surface area contributed by atoms with E-state index in [2.05, 4.69) is 28.9 Å². The predicted octanol–water partition coefficient (Wildman–Crippen LogP) is 1.33. The van der Waals surface area contributed by atoms with Crippen LogP contribution in [0.1, 0.15) is 26.2 Å². The number of thioether (sulfide) groups is 1. The molecule has 0 bridgehead atoms. The molecular weight excluding hydrogens is 232 g/mol. The Morgan fingerprint density at radius 2 is 2.29 bits per heavy atom. The quantitative estimate of drug-likeness (QED) is 0.823. The Morgan fingerprint density at radius 1 is 1.41 bits per heavy atom. The predicted molar refractivity (Wildman–Crippen MR) is 72.7 cm³/mol. The maximum Gasteiger partial charge on any atom is 0.0795 e. The van der Waals surface area contributed by atoms with Crippen LogP contribution in [0.5, 0.6) is 0 Å². The van der Waals surface area contributed by atoms with Crippen molar-refractivity contribution in [3.8, 4) is 0 Å². The van der Waals surface area contributed by atoms with Crippen molar-refractivity contribution in [3.63, 3.8) is 0 Å². The molecule has 2 unspecified atom stereocenters. The van der Waals surface area contributed by atoms with Crippen molar-refractivity contribution in [1.82, 2.24) is 10.2 Å². The summed E-state index contributed by atoms with van der Waals surface area (Å²) < 4.78 is 6.12. The average Bonchev–Trinajstić information content (AvgIpc) is 2.71. The van der Waals surface area contributed by atoms with Gasteiger partial charge in [0.2, 0.25) is 0 Å². The molecule has 98 valence electrons. The lowest BCUT2D eigenvalue weighted by atomic mass is 9.88. The van der Waals surface area contributed by atoms with Gasteiger partial charge >= 0.3 is 0 Å². The summed E-state index contributed by atoms with van der Waals surface area (Å²) in [6.45, 7) is 6.85. The van der Waals surface area contributed by atoms with E-state index in [9.17, 15) is 0 Å². The molecule has 0 aromatic rings. The third-order valence-corrected chi connectivity index (χ3v) is 5.82. The largest absolute Gasteiger partial charge is 0.374 e. The second-order valence-electron chi connectivity index (χ2n) is 5.62. The van der Waals surface area contributed by atoms with E-state index in [1.807, 2.05) is 0 Å². The normalized spacial score (nSPS) is 38.8. The standard InChI is InChI=1S/C13H24N2OS/c1-2-15(12-8-14-9-12)11-3-5-16-13(7-11)4-6-17-10-13/h11-12,14H,2-10H2,1H3. The number of rotatable bonds is 3. The Hall–Kier alpha value is 0.230. The highest BCUT2D eigenvalue weighted by molar-refractivity contribution is 7.99. The van der Waals surface area contributed by atoms with Crippen molar-refractivity contribution >= 4 is 11.8 Å². The van der Waals surface area contributed by atoms with Crippen LogP contribution in [0.15, 0.2) is 0 Å². The minimum atomic E-state index is 0.234. The molecule has 2 atom stereocenters. The molecule has 0 amide bonds. The van der Waals surface area contributed by atoms with Gasteiger partial charge in [-0.25, -0.2) is 0 Å². The summed E-state index contributed by atoms with van der Waals surface area (Å²) in [5, 5.41) is 3.40. The van der Waals surface area contributed by atoms with Gasteiger partial charge in [0.15, 0.2) is 0 Å². The number of nitrogens with zero attached hydrogens (tertiary/aromatic N) is 1. The van der Waals surface area contributed by atoms with Crippen LogP contribution >= 0.6 is 11.8 Å². The first-order chi connectivity index (χ1) is 8.33. The number of hydrogen-bond acceptors (Lipinski definition) is 4. The fraction of sp³-hybridized carbons (Fsp3) is 1.00. The summed E-state index contributed by atoms with van der Waals surface area (Å²) in [5.41, 5.74) is 0.234. The van der Waals surface area contributed by atoms with Crippen LogP contribution in [0.2, 0.25) is 0 Å². The van der Waals surface area contributed by atoms with Gasteiger partial charge < -0.3 is 10.1 Å². The summed E-state index contributed by atoms with van der Waals surface area (Å²) >= 11 is 2.07. The third kappa shape index (κ3) is 2.37. The summed E-state index contributed by atoms with van der Waals surface area (Å²) in [5.74, 6) is 2.52. The zero-order valence-electron chi connectivity index (χ0n) is 10.8. The third-order valence-electron chi connectivity index (χ3n) is 4.60. The van der Waals surface area contributed by atoms with Crippen molar-refractivity contribution in [2.45, 2.75) is 43.9 Å². The van der Waals surface area contributed by atoms with Gasteiger partial charge in [0, 0.05) is 37.5 Å². The molecule has 3 fully saturated rings. The first kappa shape index (κ1) is 12.3. The Morgan fingerprint density at radius 3 is 2.88 bits per heavy atom. The van der Waals surface area contributed by atoms with Gasteiger partial charge in [0.1, 0.15) is 0 Å². The smallest absolute Gasteiger partial charge is 0.0795 e. The van der Waals surface area contributed by atoms with Gasteiger partial charge in [-0.15, -0.1) is 0 Å². The molecule has 3 heterocycles. The molecule has 17 heavy (non-hydrogen) atoms. The molecule has 0 aromatic carbocycles. The molecular formula is C13H24N2OS. The molecule has 0 aliphatic carbocycles. The number of nitrogens with one attached hydrogen (secondary N) is 1. The van der Waals surface area contributed by atoms with Gasteiger partial charge in [0.25, 0.3) is 0 Å². The van der Waals surface area contributed by atoms with E-state index in [0.29, 0.717) is 0 Å². The molecule has 0 saturated carbocycles. The summed E-state index contributed by atoms with van der Waals surface area (Å²) in [4.78, 5) is 2.73. The summed E-state index contributed by atoms with van der Waals surface area (Å²) in [6.07, 6.45) is 3.77. The van der Waals surface area contributed by atoms with Gasteiger partial charge in [-0.1, -0.05) is 6.92 Å². The number of ether oxygens (including phenoxy) is 1. The molecule has 3 aliphatic rings. The first-order valence-corrected chi connectivity index (χ1v) is 8.17. The Labute approximate surface area is 109 Å². The van der Waals surface area contributed by atoms with E-state index < -0.39 is 0 Å². The zero-order chi connectivity index (χ0) is 11.7. The second-order valence-corrected chi connectivity index (χ2v) is 6.73. The fourth-order valence-electron chi connectivity index (χ4n) is 3.47. The Bertz CT molecular complexity index is 264. The molecule has 3 rings (SSSR count). The Balaban J connectivity index is 1.65. The Kier molecular flexibility index (Phi) is 3.67. The number of likely N-dealkylation sites (N-methyl/N-ethyl adjacent to an activating group) is 1. The van der Waals surface area contributed by atoms with Crippen LogP contribution in [0, 0.1) is 0 Å². The van der Waals surface area contributed by atoms with Crippen molar-refractivity contribution < 1.29 is 4.74 Å². The second kappa shape index (κ2) is 5.08. The van der Waals surface area contributed by atoms with Crippen LogP contribution < -0.4 is 5.32 Å². The lowest BCUT2D eigenvalue weighted by Crippen LogP contribution is -2.62. The highest BCUT2D eigenvalue weighted by Gasteiger charge is 2.43. The molecule has 4 heteroatoms. The van der Waals surface area contributed by atoms with E-state index in [-0.39, 0.29) is 5.60 Å². The van der Waals surface area contributed by atoms with Crippen LogP contribution in [0.25, 0.3) is 0 Å². The van der Waals surface area contributed by atoms with Crippen LogP contribution in [0.4, 0.5) is 0 Å². The summed E-state index contributed by atoms with van der Waals surface area (Å²) in [6, 6.07) is 1.55. The van der Waals surface area contributed by atoms with E-state index in [4.69, 9.17) is 4.74 Å².